The van der Waals surface area contributed by atoms with Gasteiger partial charge in [0.25, 0.3) is 5.91 Å². The molecule has 1 amide bonds. The average Bonchev–Trinajstić information content (AvgIpc) is 3.18. The first-order valence-electron chi connectivity index (χ1n) is 9.49. The Morgan fingerprint density at radius 3 is 2.67 bits per heavy atom. The summed E-state index contributed by atoms with van der Waals surface area (Å²) in [5.41, 5.74) is 2.49. The lowest BCUT2D eigenvalue weighted by Gasteiger charge is -2.28. The average molecular weight is 390 g/mol. The fourth-order valence-electron chi connectivity index (χ4n) is 3.53. The number of carbonyl (C=O) groups excluding carboxylic acids is 1. The highest BCUT2D eigenvalue weighted by atomic mass is 32.2. The highest BCUT2D eigenvalue weighted by Crippen LogP contribution is 2.22. The largest absolute Gasteiger partial charge is 0.335 e. The van der Waals surface area contributed by atoms with Crippen molar-refractivity contribution in [1.82, 2.24) is 14.7 Å². The van der Waals surface area contributed by atoms with Gasteiger partial charge < -0.3 is 4.90 Å². The van der Waals surface area contributed by atoms with Gasteiger partial charge in [-0.05, 0) is 25.3 Å². The molecule has 7 heteroatoms. The van der Waals surface area contributed by atoms with Crippen molar-refractivity contribution < 1.29 is 13.2 Å². The lowest BCUT2D eigenvalue weighted by Crippen LogP contribution is -2.42. The number of aromatic nitrogens is 2. The summed E-state index contributed by atoms with van der Waals surface area (Å²) in [6, 6.07) is 9.75. The Morgan fingerprint density at radius 1 is 1.30 bits per heavy atom. The maximum absolute atomic E-state index is 13.2. The molecule has 27 heavy (non-hydrogen) atoms. The minimum Gasteiger partial charge on any atom is -0.335 e. The summed E-state index contributed by atoms with van der Waals surface area (Å²) in [5.74, 6) is 0.127. The topological polar surface area (TPSA) is 72.3 Å². The van der Waals surface area contributed by atoms with E-state index in [0.29, 0.717) is 25.1 Å². The number of hydrogen-bond acceptors (Lipinski definition) is 4. The van der Waals surface area contributed by atoms with Crippen molar-refractivity contribution in [3.8, 4) is 0 Å². The summed E-state index contributed by atoms with van der Waals surface area (Å²) < 4.78 is 25.6. The van der Waals surface area contributed by atoms with E-state index in [0.717, 1.165) is 24.1 Å². The van der Waals surface area contributed by atoms with E-state index in [2.05, 4.69) is 12.0 Å². The third kappa shape index (κ3) is 4.58. The van der Waals surface area contributed by atoms with Gasteiger partial charge in [0.05, 0.1) is 29.8 Å². The fraction of sp³-hybridized carbons (Fsp3) is 0.500. The molecule has 1 aliphatic rings. The van der Waals surface area contributed by atoms with Crippen LogP contribution in [0.25, 0.3) is 0 Å². The van der Waals surface area contributed by atoms with Crippen LogP contribution in [0, 0.1) is 6.92 Å². The molecule has 1 aliphatic heterocycles. The molecular weight excluding hydrogens is 362 g/mol. The van der Waals surface area contributed by atoms with Crippen molar-refractivity contribution >= 4 is 15.7 Å². The van der Waals surface area contributed by atoms with Gasteiger partial charge in [0, 0.05) is 18.3 Å². The SMILES string of the molecule is CCCCN(C(=O)c1cnn(Cc2ccccc2)c1C)[C@H]1CCS(=O)(=O)C1. The van der Waals surface area contributed by atoms with Crippen LogP contribution in [0.2, 0.25) is 0 Å². The molecule has 1 atom stereocenters. The zero-order valence-corrected chi connectivity index (χ0v) is 16.8. The Hall–Kier alpha value is -2.15. The van der Waals surface area contributed by atoms with Gasteiger partial charge >= 0.3 is 0 Å². The van der Waals surface area contributed by atoms with Crippen LogP contribution in [-0.2, 0) is 16.4 Å². The Bertz CT molecular complexity index is 890. The predicted octanol–water partition coefficient (Wildman–Crippen LogP) is 2.67. The van der Waals surface area contributed by atoms with Crippen LogP contribution >= 0.6 is 0 Å². The maximum atomic E-state index is 13.2. The standard InChI is InChI=1S/C20H27N3O3S/c1-3-4-11-22(18-10-12-27(25,26)15-18)20(24)19-13-21-23(16(19)2)14-17-8-6-5-7-9-17/h5-9,13,18H,3-4,10-12,14-15H2,1-2H3/t18-/m0/s1. The quantitative estimate of drug-likeness (QED) is 0.730. The van der Waals surface area contributed by atoms with Gasteiger partial charge in [0.1, 0.15) is 0 Å². The number of sulfone groups is 1. The zero-order valence-electron chi connectivity index (χ0n) is 16.0. The highest BCUT2D eigenvalue weighted by Gasteiger charge is 2.35. The third-order valence-corrected chi connectivity index (χ3v) is 6.92. The van der Waals surface area contributed by atoms with Crippen LogP contribution in [0.5, 0.6) is 0 Å². The number of benzene rings is 1. The molecule has 0 saturated carbocycles. The van der Waals surface area contributed by atoms with Crippen molar-refractivity contribution in [2.45, 2.75) is 45.7 Å². The van der Waals surface area contributed by atoms with E-state index >= 15 is 0 Å². The predicted molar refractivity (Wildman–Crippen MR) is 106 cm³/mol. The van der Waals surface area contributed by atoms with Gasteiger partial charge in [0.15, 0.2) is 9.84 Å². The summed E-state index contributed by atoms with van der Waals surface area (Å²) in [7, 11) is -3.04. The van der Waals surface area contributed by atoms with E-state index in [1.165, 1.54) is 0 Å². The fourth-order valence-corrected chi connectivity index (χ4v) is 5.26. The van der Waals surface area contributed by atoms with Crippen LogP contribution in [0.3, 0.4) is 0 Å². The first-order chi connectivity index (χ1) is 12.9. The number of carbonyl (C=O) groups is 1. The van der Waals surface area contributed by atoms with Gasteiger partial charge in [-0.1, -0.05) is 43.7 Å². The number of nitrogens with zero attached hydrogens (tertiary/aromatic N) is 3. The maximum Gasteiger partial charge on any atom is 0.257 e. The van der Waals surface area contributed by atoms with Crippen LogP contribution in [0.4, 0.5) is 0 Å². The second kappa shape index (κ2) is 8.25. The molecule has 1 fully saturated rings. The van der Waals surface area contributed by atoms with Gasteiger partial charge in [0.2, 0.25) is 0 Å². The monoisotopic (exact) mass is 389 g/mol. The first-order valence-corrected chi connectivity index (χ1v) is 11.3. The van der Waals surface area contributed by atoms with Crippen molar-refractivity contribution in [2.24, 2.45) is 0 Å². The molecule has 1 saturated heterocycles. The summed E-state index contributed by atoms with van der Waals surface area (Å²) in [6.45, 7) is 5.15. The molecule has 3 rings (SSSR count). The molecular formula is C20H27N3O3S. The van der Waals surface area contributed by atoms with Crippen molar-refractivity contribution in [1.29, 1.82) is 0 Å². The van der Waals surface area contributed by atoms with Gasteiger partial charge in [-0.15, -0.1) is 0 Å². The van der Waals surface area contributed by atoms with Gasteiger partial charge in [-0.3, -0.25) is 9.48 Å². The van der Waals surface area contributed by atoms with Crippen molar-refractivity contribution in [3.05, 3.63) is 53.3 Å². The van der Waals surface area contributed by atoms with Crippen molar-refractivity contribution in [3.63, 3.8) is 0 Å². The molecule has 2 heterocycles. The summed E-state index contributed by atoms with van der Waals surface area (Å²) in [6.07, 6.45) is 3.95. The molecule has 6 nitrogen and oxygen atoms in total. The number of unbranched alkanes of at least 4 members (excludes halogenated alkanes) is 1. The molecule has 0 spiro atoms. The summed E-state index contributed by atoms with van der Waals surface area (Å²) in [4.78, 5) is 15.0. The third-order valence-electron chi connectivity index (χ3n) is 5.17. The normalized spacial score (nSPS) is 18.5. The highest BCUT2D eigenvalue weighted by molar-refractivity contribution is 7.91. The van der Waals surface area contributed by atoms with Gasteiger partial charge in [-0.2, -0.15) is 5.10 Å². The second-order valence-electron chi connectivity index (χ2n) is 7.20. The Balaban J connectivity index is 1.81. The van der Waals surface area contributed by atoms with Crippen LogP contribution < -0.4 is 0 Å². The van der Waals surface area contributed by atoms with Crippen LogP contribution in [0.1, 0.15) is 47.8 Å². The van der Waals surface area contributed by atoms with Crippen LogP contribution in [-0.4, -0.2) is 53.1 Å². The van der Waals surface area contributed by atoms with E-state index in [9.17, 15) is 13.2 Å². The molecule has 0 N–H and O–H groups in total. The number of rotatable bonds is 7. The molecule has 0 radical (unpaired) electrons. The molecule has 2 aromatic rings. The Morgan fingerprint density at radius 2 is 2.04 bits per heavy atom. The van der Waals surface area contributed by atoms with Gasteiger partial charge in [-0.25, -0.2) is 8.42 Å². The Labute approximate surface area is 161 Å². The minimum absolute atomic E-state index is 0.0691. The van der Waals surface area contributed by atoms with E-state index in [4.69, 9.17) is 0 Å². The molecule has 1 aromatic carbocycles. The Kier molecular flexibility index (Phi) is 5.99. The summed E-state index contributed by atoms with van der Waals surface area (Å²) in [5, 5.41) is 4.40. The second-order valence-corrected chi connectivity index (χ2v) is 9.42. The number of amides is 1. The van der Waals surface area contributed by atoms with Crippen LogP contribution in [0.15, 0.2) is 36.5 Å². The molecule has 146 valence electrons. The lowest BCUT2D eigenvalue weighted by molar-refractivity contribution is 0.0693. The van der Waals surface area contributed by atoms with E-state index < -0.39 is 9.84 Å². The molecule has 0 bridgehead atoms. The molecule has 0 unspecified atom stereocenters. The van der Waals surface area contributed by atoms with E-state index in [1.807, 2.05) is 41.9 Å². The number of hydrogen-bond donors (Lipinski definition) is 0. The smallest absolute Gasteiger partial charge is 0.257 e. The molecule has 0 aliphatic carbocycles. The van der Waals surface area contributed by atoms with E-state index in [-0.39, 0.29) is 23.5 Å². The summed E-state index contributed by atoms with van der Waals surface area (Å²) >= 11 is 0. The van der Waals surface area contributed by atoms with E-state index in [1.54, 1.807) is 11.1 Å². The lowest BCUT2D eigenvalue weighted by atomic mass is 10.1. The minimum atomic E-state index is -3.04. The zero-order chi connectivity index (χ0) is 19.4. The molecule has 1 aromatic heterocycles. The van der Waals surface area contributed by atoms with Crippen molar-refractivity contribution in [2.75, 3.05) is 18.1 Å². The first kappa shape index (κ1) is 19.6.